The molecule has 0 aromatic heterocycles. The molecule has 2 N–H and O–H groups in total. The second-order valence-electron chi connectivity index (χ2n) is 3.36. The molecule has 0 unspecified atom stereocenters. The van der Waals surface area contributed by atoms with Crippen molar-refractivity contribution in [2.24, 2.45) is 5.73 Å². The van der Waals surface area contributed by atoms with Crippen LogP contribution in [0.15, 0.2) is 24.3 Å². The van der Waals surface area contributed by atoms with E-state index in [2.05, 4.69) is 26.0 Å². The lowest BCUT2D eigenvalue weighted by Gasteiger charge is -2.08. The molecule has 0 spiro atoms. The van der Waals surface area contributed by atoms with E-state index in [4.69, 9.17) is 10.5 Å². The average Bonchev–Trinajstić information content (AvgIpc) is 2.15. The molecule has 1 aromatic carbocycles. The van der Waals surface area contributed by atoms with Gasteiger partial charge in [0.25, 0.3) is 0 Å². The molecule has 3 heteroatoms. The molecule has 0 saturated heterocycles. The Morgan fingerprint density at radius 3 is 2.64 bits per heavy atom. The van der Waals surface area contributed by atoms with Gasteiger partial charge in [-0.2, -0.15) is 0 Å². The molecule has 0 atom stereocenters. The Hall–Kier alpha value is -0.730. The van der Waals surface area contributed by atoms with Crippen molar-refractivity contribution in [1.29, 1.82) is 0 Å². The first-order valence-corrected chi connectivity index (χ1v) is 4.67. The van der Waals surface area contributed by atoms with Crippen LogP contribution in [0.5, 0.6) is 5.75 Å². The number of hydrogen-bond acceptors (Lipinski definition) is 2. The van der Waals surface area contributed by atoms with Gasteiger partial charge in [0.05, 0.1) is 0 Å². The Bertz CT molecular complexity index is 263. The lowest BCUT2D eigenvalue weighted by molar-refractivity contribution is 0.328. The topological polar surface area (TPSA) is 35.2 Å². The van der Waals surface area contributed by atoms with E-state index >= 15 is 0 Å². The first-order valence-electron chi connectivity index (χ1n) is 4.67. The fourth-order valence-electron chi connectivity index (χ4n) is 1.14. The van der Waals surface area contributed by atoms with Crippen molar-refractivity contribution in [2.45, 2.75) is 19.8 Å². The highest BCUT2D eigenvalue weighted by molar-refractivity contribution is 5.85. The van der Waals surface area contributed by atoms with Gasteiger partial charge in [-0.05, 0) is 23.6 Å². The normalized spacial score (nSPS) is 9.71. The van der Waals surface area contributed by atoms with Gasteiger partial charge < -0.3 is 10.5 Å². The average molecular weight is 216 g/mol. The van der Waals surface area contributed by atoms with Crippen molar-refractivity contribution in [3.05, 3.63) is 29.8 Å². The van der Waals surface area contributed by atoms with Crippen LogP contribution in [0.25, 0.3) is 0 Å². The maximum absolute atomic E-state index is 5.42. The van der Waals surface area contributed by atoms with E-state index in [1.807, 2.05) is 12.1 Å². The summed E-state index contributed by atoms with van der Waals surface area (Å²) in [5.74, 6) is 1.46. The Morgan fingerprint density at radius 1 is 1.36 bits per heavy atom. The number of rotatable bonds is 4. The van der Waals surface area contributed by atoms with Crippen molar-refractivity contribution < 1.29 is 4.74 Å². The molecule has 0 aliphatic carbocycles. The van der Waals surface area contributed by atoms with E-state index in [1.54, 1.807) is 0 Å². The minimum Gasteiger partial charge on any atom is -0.492 e. The zero-order valence-electron chi connectivity index (χ0n) is 8.69. The Labute approximate surface area is 91.9 Å². The van der Waals surface area contributed by atoms with Gasteiger partial charge in [0, 0.05) is 6.54 Å². The van der Waals surface area contributed by atoms with Crippen molar-refractivity contribution >= 4 is 12.4 Å². The lowest BCUT2D eigenvalue weighted by Crippen LogP contribution is -2.10. The van der Waals surface area contributed by atoms with Gasteiger partial charge in [0.15, 0.2) is 0 Å². The van der Waals surface area contributed by atoms with Crippen LogP contribution in [-0.4, -0.2) is 13.2 Å². The number of ether oxygens (including phenoxy) is 1. The van der Waals surface area contributed by atoms with E-state index in [0.717, 1.165) is 5.75 Å². The van der Waals surface area contributed by atoms with Gasteiger partial charge in [0.2, 0.25) is 0 Å². The van der Waals surface area contributed by atoms with Crippen LogP contribution in [0.4, 0.5) is 0 Å². The molecule has 80 valence electrons. The van der Waals surface area contributed by atoms with Gasteiger partial charge in [-0.1, -0.05) is 26.0 Å². The van der Waals surface area contributed by atoms with Crippen LogP contribution >= 0.6 is 12.4 Å². The van der Waals surface area contributed by atoms with E-state index < -0.39 is 0 Å². The Balaban J connectivity index is 0.00000169. The zero-order chi connectivity index (χ0) is 9.68. The van der Waals surface area contributed by atoms with Crippen LogP contribution in [0, 0.1) is 0 Å². The summed E-state index contributed by atoms with van der Waals surface area (Å²) in [6.07, 6.45) is 0. The molecule has 0 bridgehead atoms. The maximum atomic E-state index is 5.42. The van der Waals surface area contributed by atoms with Gasteiger partial charge in [-0.15, -0.1) is 12.4 Å². The van der Waals surface area contributed by atoms with Crippen molar-refractivity contribution in [1.82, 2.24) is 0 Å². The molecule has 14 heavy (non-hydrogen) atoms. The summed E-state index contributed by atoms with van der Waals surface area (Å²) in [5.41, 5.74) is 6.65. The molecule has 1 aromatic rings. The van der Waals surface area contributed by atoms with Crippen molar-refractivity contribution in [3.8, 4) is 5.75 Å². The van der Waals surface area contributed by atoms with Crippen LogP contribution in [-0.2, 0) is 0 Å². The number of hydrogen-bond donors (Lipinski definition) is 1. The molecule has 0 radical (unpaired) electrons. The van der Waals surface area contributed by atoms with E-state index in [-0.39, 0.29) is 12.4 Å². The molecule has 0 aliphatic rings. The van der Waals surface area contributed by atoms with Crippen LogP contribution in [0.1, 0.15) is 25.3 Å². The predicted molar refractivity (Wildman–Crippen MR) is 62.3 cm³/mol. The zero-order valence-corrected chi connectivity index (χ0v) is 9.51. The quantitative estimate of drug-likeness (QED) is 0.838. The fraction of sp³-hybridized carbons (Fsp3) is 0.455. The lowest BCUT2D eigenvalue weighted by atomic mass is 10.0. The summed E-state index contributed by atoms with van der Waals surface area (Å²) >= 11 is 0. The third-order valence-electron chi connectivity index (χ3n) is 1.91. The molecule has 0 fully saturated rings. The van der Waals surface area contributed by atoms with E-state index in [0.29, 0.717) is 19.1 Å². The van der Waals surface area contributed by atoms with E-state index in [9.17, 15) is 0 Å². The van der Waals surface area contributed by atoms with Gasteiger partial charge in [-0.25, -0.2) is 0 Å². The van der Waals surface area contributed by atoms with Gasteiger partial charge in [0.1, 0.15) is 12.4 Å². The Morgan fingerprint density at radius 2 is 2.07 bits per heavy atom. The van der Waals surface area contributed by atoms with Crippen molar-refractivity contribution in [3.63, 3.8) is 0 Å². The largest absolute Gasteiger partial charge is 0.492 e. The number of nitrogens with two attached hydrogens (primary N) is 1. The molecule has 0 heterocycles. The summed E-state index contributed by atoms with van der Waals surface area (Å²) in [5, 5.41) is 0. The van der Waals surface area contributed by atoms with Gasteiger partial charge >= 0.3 is 0 Å². The molecule has 1 rings (SSSR count). The molecule has 0 saturated carbocycles. The maximum Gasteiger partial charge on any atom is 0.119 e. The number of benzene rings is 1. The van der Waals surface area contributed by atoms with Crippen LogP contribution in [0.2, 0.25) is 0 Å². The first-order chi connectivity index (χ1) is 6.24. The SMILES string of the molecule is CC(C)c1cccc(OCCN)c1.Cl. The highest BCUT2D eigenvalue weighted by Gasteiger charge is 1.99. The standard InChI is InChI=1S/C11H17NO.ClH/c1-9(2)10-4-3-5-11(8-10)13-7-6-12;/h3-5,8-9H,6-7,12H2,1-2H3;1H. The number of halogens is 1. The fourth-order valence-corrected chi connectivity index (χ4v) is 1.14. The highest BCUT2D eigenvalue weighted by atomic mass is 35.5. The second-order valence-corrected chi connectivity index (χ2v) is 3.36. The van der Waals surface area contributed by atoms with Gasteiger partial charge in [-0.3, -0.25) is 0 Å². The molecular weight excluding hydrogens is 198 g/mol. The summed E-state index contributed by atoms with van der Waals surface area (Å²) < 4.78 is 5.42. The molecule has 0 amide bonds. The monoisotopic (exact) mass is 215 g/mol. The highest BCUT2D eigenvalue weighted by Crippen LogP contribution is 2.19. The smallest absolute Gasteiger partial charge is 0.119 e. The van der Waals surface area contributed by atoms with E-state index in [1.165, 1.54) is 5.56 Å². The van der Waals surface area contributed by atoms with Crippen LogP contribution in [0.3, 0.4) is 0 Å². The third kappa shape index (κ3) is 3.99. The predicted octanol–water partition coefficient (Wildman–Crippen LogP) is 2.57. The third-order valence-corrected chi connectivity index (χ3v) is 1.91. The van der Waals surface area contributed by atoms with Crippen molar-refractivity contribution in [2.75, 3.05) is 13.2 Å². The summed E-state index contributed by atoms with van der Waals surface area (Å²) in [7, 11) is 0. The summed E-state index contributed by atoms with van der Waals surface area (Å²) in [4.78, 5) is 0. The van der Waals surface area contributed by atoms with Crippen LogP contribution < -0.4 is 10.5 Å². The minimum atomic E-state index is 0. The molecule has 0 aliphatic heterocycles. The summed E-state index contributed by atoms with van der Waals surface area (Å²) in [6, 6.07) is 8.16. The second kappa shape index (κ2) is 6.68. The summed E-state index contributed by atoms with van der Waals surface area (Å²) in [6.45, 7) is 5.48. The first kappa shape index (κ1) is 13.3. The molecule has 2 nitrogen and oxygen atoms in total. The molecular formula is C11H18ClNO. The minimum absolute atomic E-state index is 0. The Kier molecular flexibility index (Phi) is 6.34.